The molecule has 0 N–H and O–H groups in total. The Kier molecular flexibility index (Phi) is 3.67. The van der Waals surface area contributed by atoms with Crippen molar-refractivity contribution < 1.29 is 19.1 Å². The summed E-state index contributed by atoms with van der Waals surface area (Å²) in [6.07, 6.45) is 7.02. The van der Waals surface area contributed by atoms with Crippen LogP contribution in [0.15, 0.2) is 0 Å². The Morgan fingerprint density at radius 2 is 1.91 bits per heavy atom. The molecule has 1 spiro atoms. The molecular weight excluding hydrogens is 294 g/mol. The van der Waals surface area contributed by atoms with E-state index in [1.165, 1.54) is 0 Å². The molecule has 0 aromatic carbocycles. The van der Waals surface area contributed by atoms with E-state index >= 15 is 0 Å². The number of hydrogen-bond acceptors (Lipinski definition) is 5. The highest BCUT2D eigenvalue weighted by atomic mass is 16.6. The van der Waals surface area contributed by atoms with E-state index in [1.807, 2.05) is 13.8 Å². The molecule has 0 saturated carbocycles. The maximum Gasteiger partial charge on any atom is 0.309 e. The zero-order valence-corrected chi connectivity index (χ0v) is 14.1. The molecule has 5 nitrogen and oxygen atoms in total. The van der Waals surface area contributed by atoms with Crippen molar-refractivity contribution in [3.8, 4) is 0 Å². The van der Waals surface area contributed by atoms with E-state index in [-0.39, 0.29) is 35.5 Å². The van der Waals surface area contributed by atoms with Crippen molar-refractivity contribution in [2.24, 2.45) is 11.8 Å². The van der Waals surface area contributed by atoms with Gasteiger partial charge in [-0.05, 0) is 45.1 Å². The molecule has 4 aliphatic rings. The van der Waals surface area contributed by atoms with Crippen molar-refractivity contribution in [3.63, 3.8) is 0 Å². The Balaban J connectivity index is 1.57. The SMILES string of the molecule is C[C@@H]1C[C@@]2(CCCCN3[C@H]([C@@H]4C[C@H](C)C(=O)O4)CC[C@@H]32)OC1=O. The van der Waals surface area contributed by atoms with Crippen LogP contribution in [-0.2, 0) is 19.1 Å². The first-order valence-electron chi connectivity index (χ1n) is 9.19. The number of ether oxygens (including phenoxy) is 2. The van der Waals surface area contributed by atoms with Crippen molar-refractivity contribution in [2.45, 2.75) is 82.6 Å². The summed E-state index contributed by atoms with van der Waals surface area (Å²) in [6, 6.07) is 0.608. The molecule has 4 saturated heterocycles. The van der Waals surface area contributed by atoms with E-state index in [0.717, 1.165) is 51.5 Å². The van der Waals surface area contributed by atoms with Gasteiger partial charge in [0.2, 0.25) is 0 Å². The molecule has 5 heteroatoms. The summed E-state index contributed by atoms with van der Waals surface area (Å²) in [7, 11) is 0. The summed E-state index contributed by atoms with van der Waals surface area (Å²) in [5, 5.41) is 0. The number of rotatable bonds is 1. The van der Waals surface area contributed by atoms with Gasteiger partial charge in [-0.15, -0.1) is 0 Å². The van der Waals surface area contributed by atoms with Crippen LogP contribution in [0.2, 0.25) is 0 Å². The summed E-state index contributed by atoms with van der Waals surface area (Å²) < 4.78 is 11.6. The van der Waals surface area contributed by atoms with Gasteiger partial charge in [0.25, 0.3) is 0 Å². The third-order valence-electron chi connectivity index (χ3n) is 6.48. The molecule has 0 aromatic heterocycles. The molecule has 0 unspecified atom stereocenters. The number of carbonyl (C=O) groups excluding carboxylic acids is 2. The Bertz CT molecular complexity index is 521. The van der Waals surface area contributed by atoms with Gasteiger partial charge in [0, 0.05) is 12.5 Å². The molecule has 4 aliphatic heterocycles. The predicted octanol–water partition coefficient (Wildman–Crippen LogP) is 2.28. The van der Waals surface area contributed by atoms with E-state index < -0.39 is 0 Å². The lowest BCUT2D eigenvalue weighted by molar-refractivity contribution is -0.156. The second-order valence-corrected chi connectivity index (χ2v) is 8.06. The molecule has 0 radical (unpaired) electrons. The quantitative estimate of drug-likeness (QED) is 0.694. The van der Waals surface area contributed by atoms with E-state index in [2.05, 4.69) is 4.90 Å². The average Bonchev–Trinajstić information content (AvgIpc) is 3.11. The van der Waals surface area contributed by atoms with Gasteiger partial charge in [0.15, 0.2) is 0 Å². The average molecular weight is 321 g/mol. The second kappa shape index (κ2) is 5.47. The number of esters is 2. The zero-order valence-electron chi connectivity index (χ0n) is 14.1. The molecule has 0 amide bonds. The van der Waals surface area contributed by atoms with Crippen LogP contribution >= 0.6 is 0 Å². The summed E-state index contributed by atoms with van der Waals surface area (Å²) in [4.78, 5) is 26.4. The highest BCUT2D eigenvalue weighted by molar-refractivity contribution is 5.75. The summed E-state index contributed by atoms with van der Waals surface area (Å²) >= 11 is 0. The van der Waals surface area contributed by atoms with Crippen molar-refractivity contribution in [1.29, 1.82) is 0 Å². The van der Waals surface area contributed by atoms with Crippen LogP contribution in [0.4, 0.5) is 0 Å². The lowest BCUT2D eigenvalue weighted by atomic mass is 9.83. The number of hydrogen-bond donors (Lipinski definition) is 0. The molecule has 0 aromatic rings. The van der Waals surface area contributed by atoms with Crippen LogP contribution in [0.5, 0.6) is 0 Å². The molecule has 4 rings (SSSR count). The molecular formula is C18H27NO4. The Labute approximate surface area is 137 Å². The van der Waals surface area contributed by atoms with Gasteiger partial charge in [-0.2, -0.15) is 0 Å². The molecule has 0 bridgehead atoms. The maximum absolute atomic E-state index is 12.1. The van der Waals surface area contributed by atoms with Gasteiger partial charge < -0.3 is 9.47 Å². The van der Waals surface area contributed by atoms with Crippen molar-refractivity contribution in [2.75, 3.05) is 6.54 Å². The molecule has 4 heterocycles. The van der Waals surface area contributed by atoms with Gasteiger partial charge >= 0.3 is 11.9 Å². The Morgan fingerprint density at radius 3 is 2.57 bits per heavy atom. The third-order valence-corrected chi connectivity index (χ3v) is 6.48. The number of nitrogens with zero attached hydrogens (tertiary/aromatic N) is 1. The number of carbonyl (C=O) groups is 2. The van der Waals surface area contributed by atoms with E-state index in [4.69, 9.17) is 9.47 Å². The van der Waals surface area contributed by atoms with Gasteiger partial charge in [-0.3, -0.25) is 14.5 Å². The standard InChI is InChI=1S/C18H27NO4/c1-11-9-14(22-16(11)20)13-5-6-15-18(7-3-4-8-19(13)15)10-12(2)17(21)23-18/h11-15H,3-10H2,1-2H3/t11-,12+,13-,14-,15+,18+/m0/s1. The minimum Gasteiger partial charge on any atom is -0.460 e. The zero-order chi connectivity index (χ0) is 16.2. The molecule has 23 heavy (non-hydrogen) atoms. The Hall–Kier alpha value is -1.10. The van der Waals surface area contributed by atoms with Crippen LogP contribution in [0.25, 0.3) is 0 Å². The van der Waals surface area contributed by atoms with Crippen LogP contribution in [0, 0.1) is 11.8 Å². The van der Waals surface area contributed by atoms with Crippen molar-refractivity contribution in [1.82, 2.24) is 4.90 Å². The fraction of sp³-hybridized carbons (Fsp3) is 0.889. The monoisotopic (exact) mass is 321 g/mol. The fourth-order valence-electron chi connectivity index (χ4n) is 5.36. The largest absolute Gasteiger partial charge is 0.460 e. The molecule has 4 fully saturated rings. The van der Waals surface area contributed by atoms with Crippen LogP contribution in [-0.4, -0.2) is 47.2 Å². The minimum absolute atomic E-state index is 0.0123. The smallest absolute Gasteiger partial charge is 0.309 e. The first-order chi connectivity index (χ1) is 11.0. The van der Waals surface area contributed by atoms with Gasteiger partial charge in [0.05, 0.1) is 17.9 Å². The number of cyclic esters (lactones) is 1. The molecule has 6 atom stereocenters. The fourth-order valence-corrected chi connectivity index (χ4v) is 5.36. The van der Waals surface area contributed by atoms with Crippen LogP contribution in [0.1, 0.15) is 58.8 Å². The first-order valence-corrected chi connectivity index (χ1v) is 9.19. The Morgan fingerprint density at radius 1 is 1.09 bits per heavy atom. The maximum atomic E-state index is 12.1. The van der Waals surface area contributed by atoms with E-state index in [0.29, 0.717) is 12.1 Å². The predicted molar refractivity (Wildman–Crippen MR) is 83.6 cm³/mol. The normalized spacial score (nSPS) is 47.5. The summed E-state index contributed by atoms with van der Waals surface area (Å²) in [5.41, 5.74) is -0.296. The summed E-state index contributed by atoms with van der Waals surface area (Å²) in [6.45, 7) is 4.98. The highest BCUT2D eigenvalue weighted by Gasteiger charge is 2.57. The minimum atomic E-state index is -0.296. The number of fused-ring (bicyclic) bond motifs is 2. The van der Waals surface area contributed by atoms with Gasteiger partial charge in [0.1, 0.15) is 11.7 Å². The summed E-state index contributed by atoms with van der Waals surface area (Å²) in [5.74, 6) is -0.0530. The second-order valence-electron chi connectivity index (χ2n) is 8.06. The molecule has 128 valence electrons. The van der Waals surface area contributed by atoms with Crippen LogP contribution < -0.4 is 0 Å². The third kappa shape index (κ3) is 2.39. The lowest BCUT2D eigenvalue weighted by Crippen LogP contribution is -2.52. The highest BCUT2D eigenvalue weighted by Crippen LogP contribution is 2.48. The van der Waals surface area contributed by atoms with Crippen LogP contribution in [0.3, 0.4) is 0 Å². The van der Waals surface area contributed by atoms with Crippen molar-refractivity contribution >= 4 is 11.9 Å². The van der Waals surface area contributed by atoms with Gasteiger partial charge in [-0.1, -0.05) is 13.8 Å². The molecule has 0 aliphatic carbocycles. The van der Waals surface area contributed by atoms with Crippen molar-refractivity contribution in [3.05, 3.63) is 0 Å². The van der Waals surface area contributed by atoms with Gasteiger partial charge in [-0.25, -0.2) is 0 Å². The topological polar surface area (TPSA) is 55.8 Å². The first kappa shape index (κ1) is 15.4. The lowest BCUT2D eigenvalue weighted by Gasteiger charge is -2.39. The van der Waals surface area contributed by atoms with E-state index in [9.17, 15) is 9.59 Å². The van der Waals surface area contributed by atoms with E-state index in [1.54, 1.807) is 0 Å².